The average molecular weight is 350 g/mol. The van der Waals surface area contributed by atoms with Crippen molar-refractivity contribution in [1.82, 2.24) is 0 Å². The highest BCUT2D eigenvalue weighted by Gasteiger charge is 2.08. The lowest BCUT2D eigenvalue weighted by atomic mass is 10.3. The molecular weight excluding hydrogens is 330 g/mol. The van der Waals surface area contributed by atoms with Crippen LogP contribution in [0.5, 0.6) is 5.75 Å². The molecule has 2 N–H and O–H groups in total. The van der Waals surface area contributed by atoms with E-state index in [0.717, 1.165) is 11.3 Å². The SMILES string of the molecule is CN(N=Cc1ccc[n+](CCCS(=O)(=O)O)c1)c1ccc(O)cc1. The van der Waals surface area contributed by atoms with E-state index in [2.05, 4.69) is 5.10 Å². The first-order chi connectivity index (χ1) is 11.3. The van der Waals surface area contributed by atoms with Gasteiger partial charge in [-0.25, -0.2) is 4.57 Å². The summed E-state index contributed by atoms with van der Waals surface area (Å²) in [4.78, 5) is 0. The Morgan fingerprint density at radius 3 is 2.62 bits per heavy atom. The molecule has 2 aromatic rings. The van der Waals surface area contributed by atoms with Crippen LogP contribution in [0, 0.1) is 0 Å². The number of hydrogen-bond acceptors (Lipinski definition) is 5. The fourth-order valence-corrected chi connectivity index (χ4v) is 2.57. The molecule has 1 aromatic heterocycles. The van der Waals surface area contributed by atoms with Gasteiger partial charge >= 0.3 is 0 Å². The Morgan fingerprint density at radius 2 is 1.96 bits per heavy atom. The molecule has 0 aliphatic carbocycles. The van der Waals surface area contributed by atoms with Gasteiger partial charge in [-0.05, 0) is 30.3 Å². The van der Waals surface area contributed by atoms with E-state index >= 15 is 0 Å². The molecule has 0 atom stereocenters. The van der Waals surface area contributed by atoms with E-state index in [0.29, 0.717) is 13.0 Å². The van der Waals surface area contributed by atoms with Crippen LogP contribution in [0.15, 0.2) is 53.9 Å². The number of hydrazone groups is 1. The Labute approximate surface area is 141 Å². The second-order valence-corrected chi connectivity index (χ2v) is 6.87. The maximum Gasteiger partial charge on any atom is 0.265 e. The second-order valence-electron chi connectivity index (χ2n) is 5.30. The molecule has 0 unspecified atom stereocenters. The number of hydrogen-bond donors (Lipinski definition) is 2. The molecule has 7 nitrogen and oxygen atoms in total. The zero-order valence-electron chi connectivity index (χ0n) is 13.3. The number of aromatic nitrogens is 1. The number of nitrogens with zero attached hydrogens (tertiary/aromatic N) is 3. The van der Waals surface area contributed by atoms with Crippen LogP contribution in [0.2, 0.25) is 0 Å². The Morgan fingerprint density at radius 1 is 1.25 bits per heavy atom. The number of pyridine rings is 1. The minimum absolute atomic E-state index is 0.199. The van der Waals surface area contributed by atoms with Gasteiger partial charge in [-0.1, -0.05) is 0 Å². The monoisotopic (exact) mass is 350 g/mol. The molecule has 0 saturated heterocycles. The van der Waals surface area contributed by atoms with Crippen molar-refractivity contribution in [3.8, 4) is 5.75 Å². The Hall–Kier alpha value is -2.45. The van der Waals surface area contributed by atoms with E-state index in [1.807, 2.05) is 29.1 Å². The summed E-state index contributed by atoms with van der Waals surface area (Å²) in [5.74, 6) is -0.0628. The molecule has 0 fully saturated rings. The van der Waals surface area contributed by atoms with Gasteiger partial charge in [-0.15, -0.1) is 0 Å². The number of anilines is 1. The van der Waals surface area contributed by atoms with Gasteiger partial charge in [-0.2, -0.15) is 13.5 Å². The Balaban J connectivity index is 1.99. The zero-order valence-corrected chi connectivity index (χ0v) is 14.1. The highest BCUT2D eigenvalue weighted by atomic mass is 32.2. The molecule has 128 valence electrons. The number of phenols is 1. The third-order valence-electron chi connectivity index (χ3n) is 3.30. The number of benzene rings is 1. The normalized spacial score (nSPS) is 11.8. The molecule has 0 aliphatic heterocycles. The number of rotatable bonds is 7. The summed E-state index contributed by atoms with van der Waals surface area (Å²) in [6.07, 6.45) is 5.69. The highest BCUT2D eigenvalue weighted by molar-refractivity contribution is 7.85. The van der Waals surface area contributed by atoms with E-state index < -0.39 is 10.1 Å². The lowest BCUT2D eigenvalue weighted by Gasteiger charge is -2.12. The molecule has 24 heavy (non-hydrogen) atoms. The number of aryl methyl sites for hydroxylation is 1. The van der Waals surface area contributed by atoms with Crippen molar-refractivity contribution in [2.75, 3.05) is 17.8 Å². The van der Waals surface area contributed by atoms with Gasteiger partial charge in [0, 0.05) is 19.5 Å². The molecule has 0 aliphatic rings. The fraction of sp³-hybridized carbons (Fsp3) is 0.250. The van der Waals surface area contributed by atoms with Crippen LogP contribution in [0.25, 0.3) is 0 Å². The molecular formula is C16H20N3O4S+. The van der Waals surface area contributed by atoms with Crippen LogP contribution < -0.4 is 9.58 Å². The number of phenolic OH excluding ortho intramolecular Hbond substituents is 1. The largest absolute Gasteiger partial charge is 0.508 e. The molecule has 0 saturated carbocycles. The summed E-state index contributed by atoms with van der Waals surface area (Å²) < 4.78 is 32.0. The van der Waals surface area contributed by atoms with E-state index in [4.69, 9.17) is 4.55 Å². The van der Waals surface area contributed by atoms with Gasteiger partial charge in [0.15, 0.2) is 12.4 Å². The molecule has 1 heterocycles. The summed E-state index contributed by atoms with van der Waals surface area (Å²) in [5.41, 5.74) is 1.69. The highest BCUT2D eigenvalue weighted by Crippen LogP contribution is 2.17. The smallest absolute Gasteiger partial charge is 0.265 e. The predicted molar refractivity (Wildman–Crippen MR) is 91.8 cm³/mol. The third-order valence-corrected chi connectivity index (χ3v) is 4.11. The third kappa shape index (κ3) is 5.98. The van der Waals surface area contributed by atoms with Gasteiger partial charge in [0.1, 0.15) is 12.3 Å². The van der Waals surface area contributed by atoms with Gasteiger partial charge in [0.2, 0.25) is 0 Å². The van der Waals surface area contributed by atoms with Crippen molar-refractivity contribution in [2.45, 2.75) is 13.0 Å². The topological polar surface area (TPSA) is 94.1 Å². The average Bonchev–Trinajstić information content (AvgIpc) is 2.52. The first-order valence-electron chi connectivity index (χ1n) is 7.34. The van der Waals surface area contributed by atoms with Crippen LogP contribution in [-0.2, 0) is 16.7 Å². The van der Waals surface area contributed by atoms with Gasteiger partial charge in [-0.3, -0.25) is 9.56 Å². The second kappa shape index (κ2) is 7.89. The molecule has 0 spiro atoms. The van der Waals surface area contributed by atoms with Crippen LogP contribution >= 0.6 is 0 Å². The van der Waals surface area contributed by atoms with Crippen LogP contribution in [0.3, 0.4) is 0 Å². The zero-order chi connectivity index (χ0) is 17.6. The summed E-state index contributed by atoms with van der Waals surface area (Å²) in [6.45, 7) is 0.481. The number of aromatic hydroxyl groups is 1. The maximum absolute atomic E-state index is 10.7. The molecule has 2 rings (SSSR count). The molecule has 0 bridgehead atoms. The van der Waals surface area contributed by atoms with Gasteiger partial charge in [0.25, 0.3) is 10.1 Å². The van der Waals surface area contributed by atoms with E-state index in [-0.39, 0.29) is 11.5 Å². The maximum atomic E-state index is 10.7. The van der Waals surface area contributed by atoms with Crippen molar-refractivity contribution in [3.63, 3.8) is 0 Å². The molecule has 1 aromatic carbocycles. The first-order valence-corrected chi connectivity index (χ1v) is 8.95. The fourth-order valence-electron chi connectivity index (χ4n) is 2.08. The van der Waals surface area contributed by atoms with Crippen molar-refractivity contribution in [1.29, 1.82) is 0 Å². The lowest BCUT2D eigenvalue weighted by molar-refractivity contribution is -0.696. The van der Waals surface area contributed by atoms with Crippen LogP contribution in [0.4, 0.5) is 5.69 Å². The van der Waals surface area contributed by atoms with Gasteiger partial charge < -0.3 is 5.11 Å². The molecule has 0 radical (unpaired) electrons. The molecule has 0 amide bonds. The predicted octanol–water partition coefficient (Wildman–Crippen LogP) is 1.43. The Kier molecular flexibility index (Phi) is 5.88. The minimum atomic E-state index is -3.92. The first kappa shape index (κ1) is 17.9. The quantitative estimate of drug-likeness (QED) is 0.341. The van der Waals surface area contributed by atoms with E-state index in [9.17, 15) is 13.5 Å². The summed E-state index contributed by atoms with van der Waals surface area (Å²) in [5, 5.41) is 15.3. The van der Waals surface area contributed by atoms with Crippen molar-refractivity contribution in [2.24, 2.45) is 5.10 Å². The molecule has 8 heteroatoms. The summed E-state index contributed by atoms with van der Waals surface area (Å²) >= 11 is 0. The van der Waals surface area contributed by atoms with Crippen molar-refractivity contribution < 1.29 is 22.6 Å². The summed E-state index contributed by atoms with van der Waals surface area (Å²) in [7, 11) is -2.13. The van der Waals surface area contributed by atoms with Crippen LogP contribution in [-0.4, -0.2) is 37.1 Å². The van der Waals surface area contributed by atoms with Crippen molar-refractivity contribution >= 4 is 22.0 Å². The minimum Gasteiger partial charge on any atom is -0.508 e. The van der Waals surface area contributed by atoms with E-state index in [1.165, 1.54) is 0 Å². The van der Waals surface area contributed by atoms with E-state index in [1.54, 1.807) is 42.5 Å². The van der Waals surface area contributed by atoms with Crippen molar-refractivity contribution in [3.05, 3.63) is 54.4 Å². The Bertz CT molecular complexity index is 804. The standard InChI is InChI=1S/C16H19N3O4S/c1-18(15-5-7-16(20)8-6-15)17-12-14-4-2-9-19(13-14)10-3-11-24(21,22)23/h2,4-9,12-13H,3,10-11H2,1H3,(H-,20,21,22,23)/p+1. The lowest BCUT2D eigenvalue weighted by Crippen LogP contribution is -2.34. The van der Waals surface area contributed by atoms with Gasteiger partial charge in [0.05, 0.1) is 23.2 Å². The van der Waals surface area contributed by atoms with Crippen LogP contribution in [0.1, 0.15) is 12.0 Å². The summed E-state index contributed by atoms with van der Waals surface area (Å²) in [6, 6.07) is 10.4.